The summed E-state index contributed by atoms with van der Waals surface area (Å²) in [6.45, 7) is 3.65. The van der Waals surface area contributed by atoms with Crippen molar-refractivity contribution in [2.75, 3.05) is 40.4 Å². The van der Waals surface area contributed by atoms with Crippen LogP contribution in [-0.4, -0.2) is 45.3 Å². The lowest BCUT2D eigenvalue weighted by atomic mass is 10.0. The van der Waals surface area contributed by atoms with Gasteiger partial charge >= 0.3 is 0 Å². The third-order valence-corrected chi connectivity index (χ3v) is 4.14. The van der Waals surface area contributed by atoms with Gasteiger partial charge in [0.1, 0.15) is 0 Å². The Morgan fingerprint density at radius 1 is 1.33 bits per heavy atom. The van der Waals surface area contributed by atoms with Crippen molar-refractivity contribution in [1.29, 1.82) is 5.26 Å². The van der Waals surface area contributed by atoms with E-state index in [1.54, 1.807) is 14.2 Å². The molecule has 1 aromatic rings. The highest BCUT2D eigenvalue weighted by Gasteiger charge is 2.26. The number of methoxy groups -OCH3 is 2. The predicted octanol–water partition coefficient (Wildman–Crippen LogP) is 2.22. The highest BCUT2D eigenvalue weighted by Crippen LogP contribution is 2.41. The quantitative estimate of drug-likeness (QED) is 0.904. The van der Waals surface area contributed by atoms with Crippen LogP contribution in [0.3, 0.4) is 0 Å². The SMILES string of the molecule is COc1ccc([C@@H](CC#N)N2CCNCC2)c(Cl)c1OC. The lowest BCUT2D eigenvalue weighted by Gasteiger charge is -2.34. The van der Waals surface area contributed by atoms with Crippen LogP contribution >= 0.6 is 11.6 Å². The van der Waals surface area contributed by atoms with E-state index in [4.69, 9.17) is 26.3 Å². The van der Waals surface area contributed by atoms with Crippen molar-refractivity contribution >= 4 is 11.6 Å². The van der Waals surface area contributed by atoms with E-state index in [1.165, 1.54) is 0 Å². The van der Waals surface area contributed by atoms with E-state index in [2.05, 4.69) is 16.3 Å². The maximum absolute atomic E-state index is 9.16. The molecule has 1 aliphatic heterocycles. The Balaban J connectivity index is 2.38. The fraction of sp³-hybridized carbons (Fsp3) is 0.533. The van der Waals surface area contributed by atoms with Gasteiger partial charge in [0, 0.05) is 32.2 Å². The van der Waals surface area contributed by atoms with Crippen molar-refractivity contribution in [3.8, 4) is 17.6 Å². The van der Waals surface area contributed by atoms with E-state index >= 15 is 0 Å². The first-order valence-corrected chi connectivity index (χ1v) is 7.32. The minimum atomic E-state index is -0.0237. The molecule has 0 aliphatic carbocycles. The molecule has 0 spiro atoms. The van der Waals surface area contributed by atoms with Crippen LogP contribution in [0.4, 0.5) is 0 Å². The molecule has 0 amide bonds. The van der Waals surface area contributed by atoms with Gasteiger partial charge in [-0.25, -0.2) is 0 Å². The Morgan fingerprint density at radius 3 is 2.62 bits per heavy atom. The summed E-state index contributed by atoms with van der Waals surface area (Å²) in [6, 6.07) is 6.00. The molecule has 0 unspecified atom stereocenters. The summed E-state index contributed by atoms with van der Waals surface area (Å²) in [4.78, 5) is 2.28. The van der Waals surface area contributed by atoms with Gasteiger partial charge in [0.2, 0.25) is 0 Å². The van der Waals surface area contributed by atoms with Crippen molar-refractivity contribution in [1.82, 2.24) is 10.2 Å². The minimum Gasteiger partial charge on any atom is -0.493 e. The van der Waals surface area contributed by atoms with E-state index in [-0.39, 0.29) is 6.04 Å². The molecule has 5 nitrogen and oxygen atoms in total. The van der Waals surface area contributed by atoms with Gasteiger partial charge in [-0.3, -0.25) is 4.90 Å². The molecule has 0 radical (unpaired) electrons. The van der Waals surface area contributed by atoms with Crippen LogP contribution in [-0.2, 0) is 0 Å². The van der Waals surface area contributed by atoms with Crippen LogP contribution in [0, 0.1) is 11.3 Å². The normalized spacial score (nSPS) is 17.0. The van der Waals surface area contributed by atoms with Gasteiger partial charge in [0.05, 0.1) is 31.7 Å². The number of hydrogen-bond acceptors (Lipinski definition) is 5. The third kappa shape index (κ3) is 3.41. The average Bonchev–Trinajstić information content (AvgIpc) is 2.53. The summed E-state index contributed by atoms with van der Waals surface area (Å²) in [5, 5.41) is 13.0. The number of nitrogens with zero attached hydrogens (tertiary/aromatic N) is 2. The Kier molecular flexibility index (Phi) is 5.68. The van der Waals surface area contributed by atoms with Gasteiger partial charge in [-0.2, -0.15) is 5.26 Å². The monoisotopic (exact) mass is 309 g/mol. The second-order valence-electron chi connectivity index (χ2n) is 4.87. The molecule has 1 aliphatic rings. The van der Waals surface area contributed by atoms with Gasteiger partial charge < -0.3 is 14.8 Å². The zero-order valence-electron chi connectivity index (χ0n) is 12.4. The van der Waals surface area contributed by atoms with Gasteiger partial charge in [0.25, 0.3) is 0 Å². The third-order valence-electron chi connectivity index (χ3n) is 3.75. The highest BCUT2D eigenvalue weighted by molar-refractivity contribution is 6.33. The van der Waals surface area contributed by atoms with Crippen LogP contribution in [0.25, 0.3) is 0 Å². The zero-order valence-corrected chi connectivity index (χ0v) is 13.1. The molecule has 1 heterocycles. The first-order chi connectivity index (χ1) is 10.2. The minimum absolute atomic E-state index is 0.0237. The van der Waals surface area contributed by atoms with Crippen LogP contribution in [0.2, 0.25) is 5.02 Å². The van der Waals surface area contributed by atoms with E-state index in [0.717, 1.165) is 31.7 Å². The molecule has 0 aromatic heterocycles. The molecule has 0 saturated carbocycles. The first-order valence-electron chi connectivity index (χ1n) is 6.95. The first kappa shape index (κ1) is 15.9. The Hall–Kier alpha value is -1.48. The molecule has 1 aromatic carbocycles. The topological polar surface area (TPSA) is 57.5 Å². The lowest BCUT2D eigenvalue weighted by molar-refractivity contribution is 0.175. The van der Waals surface area contributed by atoms with Gasteiger partial charge in [0.15, 0.2) is 11.5 Å². The van der Waals surface area contributed by atoms with Gasteiger partial charge in [-0.05, 0) is 11.6 Å². The van der Waals surface area contributed by atoms with Crippen LogP contribution in [0.15, 0.2) is 12.1 Å². The average molecular weight is 310 g/mol. The molecule has 114 valence electrons. The molecule has 1 saturated heterocycles. The van der Waals surface area contributed by atoms with Gasteiger partial charge in [-0.15, -0.1) is 0 Å². The standard InChI is InChI=1S/C15H20ClN3O2/c1-20-13-4-3-11(14(16)15(13)21-2)12(5-6-17)19-9-7-18-8-10-19/h3-4,12,18H,5,7-10H2,1-2H3/t12-/m1/s1. The fourth-order valence-corrected chi connectivity index (χ4v) is 3.04. The van der Waals surface area contributed by atoms with Crippen LogP contribution < -0.4 is 14.8 Å². The summed E-state index contributed by atoms with van der Waals surface area (Å²) in [7, 11) is 3.15. The Morgan fingerprint density at radius 2 is 2.05 bits per heavy atom. The molecule has 0 bridgehead atoms. The highest BCUT2D eigenvalue weighted by atomic mass is 35.5. The summed E-state index contributed by atoms with van der Waals surface area (Å²) < 4.78 is 10.6. The van der Waals surface area contributed by atoms with Crippen molar-refractivity contribution in [3.05, 3.63) is 22.7 Å². The summed E-state index contributed by atoms with van der Waals surface area (Å²) in [5.41, 5.74) is 0.915. The summed E-state index contributed by atoms with van der Waals surface area (Å²) >= 11 is 6.49. The largest absolute Gasteiger partial charge is 0.493 e. The molecule has 2 rings (SSSR count). The number of halogens is 1. The number of benzene rings is 1. The fourth-order valence-electron chi connectivity index (χ4n) is 2.68. The summed E-state index contributed by atoms with van der Waals surface area (Å²) in [6.07, 6.45) is 0.398. The smallest absolute Gasteiger partial charge is 0.179 e. The van der Waals surface area contributed by atoms with E-state index in [1.807, 2.05) is 12.1 Å². The molecule has 1 fully saturated rings. The predicted molar refractivity (Wildman–Crippen MR) is 82.0 cm³/mol. The maximum Gasteiger partial charge on any atom is 0.179 e. The number of piperazine rings is 1. The summed E-state index contributed by atoms with van der Waals surface area (Å²) in [5.74, 6) is 1.12. The molecular formula is C15H20ClN3O2. The van der Waals surface area contributed by atoms with Crippen LogP contribution in [0.1, 0.15) is 18.0 Å². The van der Waals surface area contributed by atoms with Crippen molar-refractivity contribution < 1.29 is 9.47 Å². The Bertz CT molecular complexity index is 524. The van der Waals surface area contributed by atoms with Crippen molar-refractivity contribution in [3.63, 3.8) is 0 Å². The van der Waals surface area contributed by atoms with E-state index < -0.39 is 0 Å². The number of nitriles is 1. The lowest BCUT2D eigenvalue weighted by Crippen LogP contribution is -2.45. The number of nitrogens with one attached hydrogen (secondary N) is 1. The maximum atomic E-state index is 9.16. The van der Waals surface area contributed by atoms with E-state index in [0.29, 0.717) is 22.9 Å². The Labute approximate surface area is 130 Å². The van der Waals surface area contributed by atoms with Gasteiger partial charge in [-0.1, -0.05) is 17.7 Å². The molecule has 6 heteroatoms. The van der Waals surface area contributed by atoms with E-state index in [9.17, 15) is 0 Å². The molecule has 21 heavy (non-hydrogen) atoms. The van der Waals surface area contributed by atoms with Crippen molar-refractivity contribution in [2.24, 2.45) is 0 Å². The molecular weight excluding hydrogens is 290 g/mol. The number of ether oxygens (including phenoxy) is 2. The molecule has 1 atom stereocenters. The number of hydrogen-bond donors (Lipinski definition) is 1. The van der Waals surface area contributed by atoms with Crippen LogP contribution in [0.5, 0.6) is 11.5 Å². The van der Waals surface area contributed by atoms with Crippen molar-refractivity contribution in [2.45, 2.75) is 12.5 Å². The zero-order chi connectivity index (χ0) is 15.2. The second kappa shape index (κ2) is 7.51. The number of rotatable bonds is 5. The second-order valence-corrected chi connectivity index (χ2v) is 5.25. The molecule has 1 N–H and O–H groups in total.